The lowest BCUT2D eigenvalue weighted by molar-refractivity contribution is 0.0522. The summed E-state index contributed by atoms with van der Waals surface area (Å²) < 4.78 is 16.1. The minimum Gasteiger partial charge on any atom is -0.465 e. The van der Waals surface area contributed by atoms with E-state index in [4.69, 9.17) is 14.2 Å². The first-order valence-electron chi connectivity index (χ1n) is 11.5. The van der Waals surface area contributed by atoms with Crippen LogP contribution in [0, 0.1) is 11.3 Å². The molecule has 0 bridgehead atoms. The van der Waals surface area contributed by atoms with E-state index in [2.05, 4.69) is 11.4 Å². The molecule has 0 aliphatic rings. The molecule has 7 nitrogen and oxygen atoms in total. The topological polar surface area (TPSA) is 97.7 Å². The smallest absolute Gasteiger partial charge is 0.407 e. The molecule has 0 fully saturated rings. The van der Waals surface area contributed by atoms with Crippen LogP contribution in [0.3, 0.4) is 0 Å². The number of hydrogen-bond donors (Lipinski definition) is 1. The first kappa shape index (κ1) is 26.5. The number of ether oxygens (including phenoxy) is 3. The molecule has 7 heteroatoms. The molecule has 0 aliphatic heterocycles. The van der Waals surface area contributed by atoms with Crippen molar-refractivity contribution in [2.45, 2.75) is 46.1 Å². The molecular formula is C29H30N2O5. The van der Waals surface area contributed by atoms with E-state index in [1.165, 1.54) is 7.11 Å². The Hall–Kier alpha value is -4.15. The molecule has 3 aromatic rings. The predicted octanol–water partition coefficient (Wildman–Crippen LogP) is 5.75. The van der Waals surface area contributed by atoms with Gasteiger partial charge in [-0.1, -0.05) is 36.4 Å². The third-order valence-electron chi connectivity index (χ3n) is 5.10. The fourth-order valence-corrected chi connectivity index (χ4v) is 3.55. The van der Waals surface area contributed by atoms with Gasteiger partial charge in [0.25, 0.3) is 0 Å². The van der Waals surface area contributed by atoms with Crippen LogP contribution in [0.4, 0.5) is 4.79 Å². The Bertz CT molecular complexity index is 1270. The monoisotopic (exact) mass is 486 g/mol. The zero-order valence-corrected chi connectivity index (χ0v) is 21.0. The van der Waals surface area contributed by atoms with E-state index in [1.54, 1.807) is 30.3 Å². The van der Waals surface area contributed by atoms with E-state index < -0.39 is 17.7 Å². The molecule has 0 aliphatic carbocycles. The molecule has 3 rings (SSSR count). The molecule has 0 radical (unpaired) electrons. The molecule has 1 amide bonds. The number of amides is 1. The molecule has 1 N–H and O–H groups in total. The van der Waals surface area contributed by atoms with E-state index in [0.717, 1.165) is 27.8 Å². The number of hydrogen-bond acceptors (Lipinski definition) is 6. The third-order valence-corrected chi connectivity index (χ3v) is 5.10. The molecule has 0 heterocycles. The number of nitrogens with zero attached hydrogens (tertiary/aromatic N) is 1. The maximum absolute atomic E-state index is 12.2. The second-order valence-corrected chi connectivity index (χ2v) is 9.27. The molecule has 0 aromatic heterocycles. The van der Waals surface area contributed by atoms with Crippen molar-refractivity contribution in [2.24, 2.45) is 0 Å². The number of benzene rings is 3. The lowest BCUT2D eigenvalue weighted by Gasteiger charge is -2.19. The highest BCUT2D eigenvalue weighted by molar-refractivity contribution is 5.91. The highest BCUT2D eigenvalue weighted by Crippen LogP contribution is 2.25. The number of esters is 1. The Morgan fingerprint density at radius 3 is 2.33 bits per heavy atom. The van der Waals surface area contributed by atoms with Gasteiger partial charge in [-0.15, -0.1) is 0 Å². The molecule has 36 heavy (non-hydrogen) atoms. The van der Waals surface area contributed by atoms with Crippen molar-refractivity contribution < 1.29 is 23.8 Å². The van der Waals surface area contributed by atoms with Gasteiger partial charge in [0.15, 0.2) is 0 Å². The van der Waals surface area contributed by atoms with Crippen LogP contribution >= 0.6 is 0 Å². The van der Waals surface area contributed by atoms with Gasteiger partial charge in [-0.05, 0) is 78.9 Å². The van der Waals surface area contributed by atoms with Crippen molar-refractivity contribution in [3.8, 4) is 17.2 Å². The highest BCUT2D eigenvalue weighted by atomic mass is 16.6. The first-order valence-corrected chi connectivity index (χ1v) is 11.5. The number of nitrogens with one attached hydrogen (secondary N) is 1. The SMILES string of the molecule is COC(=O)c1cc(COCc2cccc(CNC(=O)OC(C)(C)C)c2)cc(-c2cccc(C#N)c2)c1. The Balaban J connectivity index is 1.67. The zero-order valence-electron chi connectivity index (χ0n) is 21.0. The van der Waals surface area contributed by atoms with E-state index in [0.29, 0.717) is 24.3 Å². The maximum Gasteiger partial charge on any atom is 0.407 e. The second-order valence-electron chi connectivity index (χ2n) is 9.27. The van der Waals surface area contributed by atoms with Gasteiger partial charge in [0, 0.05) is 6.54 Å². The number of nitriles is 1. The third kappa shape index (κ3) is 7.97. The molecule has 0 spiro atoms. The van der Waals surface area contributed by atoms with Crippen LogP contribution in [0.5, 0.6) is 0 Å². The molecular weight excluding hydrogens is 456 g/mol. The summed E-state index contributed by atoms with van der Waals surface area (Å²) in [6.07, 6.45) is -0.467. The van der Waals surface area contributed by atoms with Gasteiger partial charge >= 0.3 is 12.1 Å². The van der Waals surface area contributed by atoms with E-state index >= 15 is 0 Å². The van der Waals surface area contributed by atoms with Crippen LogP contribution in [-0.4, -0.2) is 24.8 Å². The Kier molecular flexibility index (Phi) is 8.82. The van der Waals surface area contributed by atoms with Crippen LogP contribution in [0.15, 0.2) is 66.7 Å². The average molecular weight is 487 g/mol. The zero-order chi connectivity index (χ0) is 26.1. The van der Waals surface area contributed by atoms with Gasteiger partial charge < -0.3 is 19.5 Å². The summed E-state index contributed by atoms with van der Waals surface area (Å²) in [5.41, 5.74) is 4.69. The van der Waals surface area contributed by atoms with Crippen molar-refractivity contribution in [1.29, 1.82) is 5.26 Å². The molecule has 3 aromatic carbocycles. The van der Waals surface area contributed by atoms with Gasteiger partial charge in [0.2, 0.25) is 0 Å². The summed E-state index contributed by atoms with van der Waals surface area (Å²) in [4.78, 5) is 24.1. The summed E-state index contributed by atoms with van der Waals surface area (Å²) in [7, 11) is 1.34. The van der Waals surface area contributed by atoms with Crippen molar-refractivity contribution in [3.63, 3.8) is 0 Å². The molecule has 0 saturated heterocycles. The average Bonchev–Trinajstić information content (AvgIpc) is 2.86. The van der Waals surface area contributed by atoms with Crippen LogP contribution in [0.25, 0.3) is 11.1 Å². The Labute approximate surface area is 211 Å². The Morgan fingerprint density at radius 1 is 0.889 bits per heavy atom. The number of rotatable bonds is 8. The lowest BCUT2D eigenvalue weighted by atomic mass is 9.98. The first-order chi connectivity index (χ1) is 17.2. The summed E-state index contributed by atoms with van der Waals surface area (Å²) in [6.45, 7) is 6.42. The van der Waals surface area contributed by atoms with Crippen LogP contribution in [-0.2, 0) is 34.0 Å². The van der Waals surface area contributed by atoms with E-state index in [9.17, 15) is 14.9 Å². The molecule has 0 atom stereocenters. The molecule has 0 saturated carbocycles. The quantitative estimate of drug-likeness (QED) is 0.407. The van der Waals surface area contributed by atoms with Crippen LogP contribution in [0.2, 0.25) is 0 Å². The summed E-state index contributed by atoms with van der Waals surface area (Å²) in [5.74, 6) is -0.445. The number of alkyl carbamates (subject to hydrolysis) is 1. The Morgan fingerprint density at radius 2 is 1.61 bits per heavy atom. The summed E-state index contributed by atoms with van der Waals surface area (Å²) in [6, 6.07) is 22.5. The number of methoxy groups -OCH3 is 1. The maximum atomic E-state index is 12.2. The fourth-order valence-electron chi connectivity index (χ4n) is 3.55. The van der Waals surface area contributed by atoms with Gasteiger partial charge in [0.1, 0.15) is 5.60 Å². The highest BCUT2D eigenvalue weighted by Gasteiger charge is 2.16. The number of carbonyl (C=O) groups is 2. The fraction of sp³-hybridized carbons (Fsp3) is 0.276. The van der Waals surface area contributed by atoms with E-state index in [1.807, 2.05) is 57.2 Å². The number of carbonyl (C=O) groups excluding carboxylic acids is 2. The molecule has 186 valence electrons. The van der Waals surface area contributed by atoms with E-state index in [-0.39, 0.29) is 6.61 Å². The van der Waals surface area contributed by atoms with Crippen molar-refractivity contribution >= 4 is 12.1 Å². The lowest BCUT2D eigenvalue weighted by Crippen LogP contribution is -2.32. The van der Waals surface area contributed by atoms with Crippen molar-refractivity contribution in [2.75, 3.05) is 7.11 Å². The van der Waals surface area contributed by atoms with Gasteiger partial charge in [-0.25, -0.2) is 9.59 Å². The predicted molar refractivity (Wildman–Crippen MR) is 136 cm³/mol. The van der Waals surface area contributed by atoms with Gasteiger partial charge in [-0.2, -0.15) is 5.26 Å². The van der Waals surface area contributed by atoms with Gasteiger partial charge in [-0.3, -0.25) is 0 Å². The van der Waals surface area contributed by atoms with Crippen molar-refractivity contribution in [3.05, 3.63) is 94.5 Å². The van der Waals surface area contributed by atoms with Crippen LogP contribution in [0.1, 0.15) is 53.4 Å². The minimum atomic E-state index is -0.552. The van der Waals surface area contributed by atoms with Crippen LogP contribution < -0.4 is 5.32 Å². The summed E-state index contributed by atoms with van der Waals surface area (Å²) in [5, 5.41) is 12.0. The minimum absolute atomic E-state index is 0.274. The summed E-state index contributed by atoms with van der Waals surface area (Å²) >= 11 is 0. The second kappa shape index (κ2) is 12.0. The van der Waals surface area contributed by atoms with Gasteiger partial charge in [0.05, 0.1) is 37.5 Å². The largest absolute Gasteiger partial charge is 0.465 e. The normalized spacial score (nSPS) is 10.9. The standard InChI is InChI=1S/C29H30N2O5/c1-29(2,3)36-28(33)31-17-21-8-5-9-22(11-21)18-35-19-23-13-25(15-26(14-23)27(32)34-4)24-10-6-7-20(12-24)16-30/h5-15H,17-19H2,1-4H3,(H,31,33). The molecule has 0 unspecified atom stereocenters. The van der Waals surface area contributed by atoms with Crippen molar-refractivity contribution in [1.82, 2.24) is 5.32 Å².